The number of aliphatic imine (C=N–C) groups is 1. The number of carbonyl (C=O) groups excluding carboxylic acids is 1. The predicted octanol–water partition coefficient (Wildman–Crippen LogP) is 2.92. The zero-order valence-corrected chi connectivity index (χ0v) is 8.25. The van der Waals surface area contributed by atoms with Crippen LogP contribution in [0.4, 0.5) is 4.39 Å². The Kier molecular flexibility index (Phi) is 3.55. The van der Waals surface area contributed by atoms with Gasteiger partial charge in [0.1, 0.15) is 5.82 Å². The van der Waals surface area contributed by atoms with Crippen LogP contribution in [0, 0.1) is 12.7 Å². The van der Waals surface area contributed by atoms with Gasteiger partial charge in [-0.05, 0) is 30.5 Å². The SMILES string of the molecule is CCC(N=C=O)c1ccc(F)c(C)c1. The van der Waals surface area contributed by atoms with Gasteiger partial charge in [-0.3, -0.25) is 0 Å². The third kappa shape index (κ3) is 2.27. The van der Waals surface area contributed by atoms with Gasteiger partial charge in [-0.25, -0.2) is 9.18 Å². The molecule has 0 aliphatic rings. The van der Waals surface area contributed by atoms with Crippen molar-refractivity contribution >= 4 is 6.08 Å². The largest absolute Gasteiger partial charge is 0.235 e. The molecule has 0 saturated heterocycles. The van der Waals surface area contributed by atoms with Gasteiger partial charge in [-0.1, -0.05) is 19.1 Å². The molecule has 2 nitrogen and oxygen atoms in total. The van der Waals surface area contributed by atoms with Crippen LogP contribution in [0.25, 0.3) is 0 Å². The first-order chi connectivity index (χ1) is 6.69. The van der Waals surface area contributed by atoms with Crippen LogP contribution in [0.3, 0.4) is 0 Å². The van der Waals surface area contributed by atoms with Crippen LogP contribution in [0.5, 0.6) is 0 Å². The van der Waals surface area contributed by atoms with Gasteiger partial charge in [0.05, 0.1) is 6.04 Å². The summed E-state index contributed by atoms with van der Waals surface area (Å²) in [4.78, 5) is 13.8. The Bertz CT molecular complexity index is 370. The van der Waals surface area contributed by atoms with Crippen molar-refractivity contribution in [3.8, 4) is 0 Å². The average molecular weight is 193 g/mol. The van der Waals surface area contributed by atoms with Gasteiger partial charge in [0, 0.05) is 0 Å². The number of benzene rings is 1. The van der Waals surface area contributed by atoms with E-state index in [0.29, 0.717) is 12.0 Å². The lowest BCUT2D eigenvalue weighted by atomic mass is 10.0. The number of hydrogen-bond donors (Lipinski definition) is 0. The number of halogens is 1. The first-order valence-electron chi connectivity index (χ1n) is 4.52. The van der Waals surface area contributed by atoms with E-state index in [2.05, 4.69) is 4.99 Å². The highest BCUT2D eigenvalue weighted by atomic mass is 19.1. The molecule has 0 bridgehead atoms. The Balaban J connectivity index is 3.05. The van der Waals surface area contributed by atoms with E-state index in [0.717, 1.165) is 5.56 Å². The lowest BCUT2D eigenvalue weighted by molar-refractivity contribution is 0.555. The Labute approximate surface area is 82.5 Å². The molecule has 0 aromatic heterocycles. The van der Waals surface area contributed by atoms with Crippen molar-refractivity contribution in [3.63, 3.8) is 0 Å². The van der Waals surface area contributed by atoms with Crippen LogP contribution >= 0.6 is 0 Å². The first-order valence-corrected chi connectivity index (χ1v) is 4.52. The molecule has 0 saturated carbocycles. The molecule has 0 aliphatic heterocycles. The number of nitrogens with zero attached hydrogens (tertiary/aromatic N) is 1. The van der Waals surface area contributed by atoms with Crippen LogP contribution < -0.4 is 0 Å². The highest BCUT2D eigenvalue weighted by Crippen LogP contribution is 2.22. The molecule has 0 N–H and O–H groups in total. The molecule has 1 aromatic rings. The van der Waals surface area contributed by atoms with Gasteiger partial charge < -0.3 is 0 Å². The minimum absolute atomic E-state index is 0.202. The predicted molar refractivity (Wildman–Crippen MR) is 52.3 cm³/mol. The summed E-state index contributed by atoms with van der Waals surface area (Å²) >= 11 is 0. The molecule has 0 spiro atoms. The third-order valence-corrected chi connectivity index (χ3v) is 2.16. The summed E-state index contributed by atoms with van der Waals surface area (Å²) in [6.45, 7) is 3.61. The molecule has 1 aromatic carbocycles. The van der Waals surface area contributed by atoms with Crippen LogP contribution in [-0.4, -0.2) is 6.08 Å². The Morgan fingerprint density at radius 1 is 1.57 bits per heavy atom. The highest BCUT2D eigenvalue weighted by Gasteiger charge is 2.08. The maximum absolute atomic E-state index is 12.9. The second kappa shape index (κ2) is 4.68. The smallest absolute Gasteiger partial charge is 0.211 e. The highest BCUT2D eigenvalue weighted by molar-refractivity contribution is 5.36. The molecular formula is C11H12FNO. The molecular weight excluding hydrogens is 181 g/mol. The molecule has 74 valence electrons. The summed E-state index contributed by atoms with van der Waals surface area (Å²) in [5, 5.41) is 0. The minimum atomic E-state index is -0.237. The van der Waals surface area contributed by atoms with E-state index in [-0.39, 0.29) is 11.9 Å². The number of aryl methyl sites for hydroxylation is 1. The summed E-state index contributed by atoms with van der Waals surface area (Å²) in [7, 11) is 0. The van der Waals surface area contributed by atoms with Crippen molar-refractivity contribution in [2.75, 3.05) is 0 Å². The van der Waals surface area contributed by atoms with Crippen LogP contribution in [0.2, 0.25) is 0 Å². The molecule has 1 rings (SSSR count). The second-order valence-corrected chi connectivity index (χ2v) is 3.15. The summed E-state index contributed by atoms with van der Waals surface area (Å²) in [5.41, 5.74) is 1.43. The van der Waals surface area contributed by atoms with Gasteiger partial charge >= 0.3 is 0 Å². The van der Waals surface area contributed by atoms with Crippen molar-refractivity contribution in [2.24, 2.45) is 4.99 Å². The van der Waals surface area contributed by atoms with Gasteiger partial charge in [0.2, 0.25) is 6.08 Å². The summed E-state index contributed by atoms with van der Waals surface area (Å²) < 4.78 is 12.9. The fraction of sp³-hybridized carbons (Fsp3) is 0.364. The molecule has 1 atom stereocenters. The molecule has 0 heterocycles. The van der Waals surface area contributed by atoms with Crippen molar-refractivity contribution in [2.45, 2.75) is 26.3 Å². The van der Waals surface area contributed by atoms with Crippen LogP contribution in [0.15, 0.2) is 23.2 Å². The standard InChI is InChI=1S/C11H12FNO/c1-3-11(13-7-14)9-4-5-10(12)8(2)6-9/h4-6,11H,3H2,1-2H3. The molecule has 3 heteroatoms. The van der Waals surface area contributed by atoms with Crippen molar-refractivity contribution < 1.29 is 9.18 Å². The van der Waals surface area contributed by atoms with E-state index in [9.17, 15) is 9.18 Å². The van der Waals surface area contributed by atoms with Gasteiger partial charge in [0.25, 0.3) is 0 Å². The van der Waals surface area contributed by atoms with Crippen LogP contribution in [-0.2, 0) is 4.79 Å². The summed E-state index contributed by atoms with van der Waals surface area (Å²) in [6, 6.07) is 4.56. The van der Waals surface area contributed by atoms with Crippen LogP contribution in [0.1, 0.15) is 30.5 Å². The van der Waals surface area contributed by atoms with Crippen molar-refractivity contribution in [3.05, 3.63) is 35.1 Å². The Morgan fingerprint density at radius 3 is 2.79 bits per heavy atom. The maximum atomic E-state index is 12.9. The normalized spacial score (nSPS) is 11.9. The zero-order valence-electron chi connectivity index (χ0n) is 8.25. The molecule has 0 amide bonds. The van der Waals surface area contributed by atoms with E-state index in [4.69, 9.17) is 0 Å². The summed E-state index contributed by atoms with van der Waals surface area (Å²) in [5.74, 6) is -0.237. The van der Waals surface area contributed by atoms with Gasteiger partial charge in [0.15, 0.2) is 0 Å². The number of rotatable bonds is 3. The number of hydrogen-bond acceptors (Lipinski definition) is 2. The Hall–Kier alpha value is -1.47. The molecule has 0 radical (unpaired) electrons. The van der Waals surface area contributed by atoms with E-state index < -0.39 is 0 Å². The maximum Gasteiger partial charge on any atom is 0.235 e. The molecule has 0 fully saturated rings. The van der Waals surface area contributed by atoms with E-state index in [1.807, 2.05) is 6.92 Å². The molecule has 0 aliphatic carbocycles. The Morgan fingerprint density at radius 2 is 2.29 bits per heavy atom. The lowest BCUT2D eigenvalue weighted by Crippen LogP contribution is -1.95. The fourth-order valence-electron chi connectivity index (χ4n) is 1.34. The summed E-state index contributed by atoms with van der Waals surface area (Å²) in [6.07, 6.45) is 2.24. The topological polar surface area (TPSA) is 29.4 Å². The first kappa shape index (κ1) is 10.6. The quantitative estimate of drug-likeness (QED) is 0.536. The zero-order chi connectivity index (χ0) is 10.6. The molecule has 1 unspecified atom stereocenters. The van der Waals surface area contributed by atoms with Gasteiger partial charge in [-0.15, -0.1) is 0 Å². The third-order valence-electron chi connectivity index (χ3n) is 2.16. The van der Waals surface area contributed by atoms with E-state index >= 15 is 0 Å². The van der Waals surface area contributed by atoms with E-state index in [1.165, 1.54) is 12.1 Å². The second-order valence-electron chi connectivity index (χ2n) is 3.15. The fourth-order valence-corrected chi connectivity index (χ4v) is 1.34. The van der Waals surface area contributed by atoms with Gasteiger partial charge in [-0.2, -0.15) is 4.99 Å². The monoisotopic (exact) mass is 193 g/mol. The average Bonchev–Trinajstić information content (AvgIpc) is 2.19. The lowest BCUT2D eigenvalue weighted by Gasteiger charge is -2.08. The molecule has 14 heavy (non-hydrogen) atoms. The van der Waals surface area contributed by atoms with Crippen molar-refractivity contribution in [1.29, 1.82) is 0 Å². The van der Waals surface area contributed by atoms with E-state index in [1.54, 1.807) is 19.1 Å². The number of isocyanates is 1. The minimum Gasteiger partial charge on any atom is -0.211 e. The van der Waals surface area contributed by atoms with Crippen molar-refractivity contribution in [1.82, 2.24) is 0 Å².